The van der Waals surface area contributed by atoms with E-state index < -0.39 is 11.6 Å². The number of carbonyl (C=O) groups excluding carboxylic acids is 2. The topological polar surface area (TPSA) is 34.1 Å². The predicted octanol–water partition coefficient (Wildman–Crippen LogP) is 1.53. The lowest BCUT2D eigenvalue weighted by Crippen LogP contribution is -2.12. The Labute approximate surface area is 75.4 Å². The summed E-state index contributed by atoms with van der Waals surface area (Å²) in [6, 6.07) is 5.53. The molecular formula is C10H9FO2. The monoisotopic (exact) mass is 180 g/mol. The van der Waals surface area contributed by atoms with Crippen LogP contribution in [0.3, 0.4) is 0 Å². The van der Waals surface area contributed by atoms with Crippen LogP contribution in [0.2, 0.25) is 0 Å². The average molecular weight is 180 g/mol. The van der Waals surface area contributed by atoms with Crippen LogP contribution < -0.4 is 0 Å². The first-order valence-electron chi connectivity index (χ1n) is 3.88. The van der Waals surface area contributed by atoms with Crippen LogP contribution in [0.25, 0.3) is 0 Å². The summed E-state index contributed by atoms with van der Waals surface area (Å²) in [6.45, 7) is 1.23. The normalized spacial score (nSPS) is 9.69. The van der Waals surface area contributed by atoms with Gasteiger partial charge in [0.25, 0.3) is 0 Å². The molecule has 68 valence electrons. The van der Waals surface area contributed by atoms with Crippen LogP contribution in [0, 0.1) is 5.82 Å². The van der Waals surface area contributed by atoms with Crippen LogP contribution in [-0.2, 0) is 16.0 Å². The van der Waals surface area contributed by atoms with E-state index in [-0.39, 0.29) is 12.2 Å². The Hall–Kier alpha value is -1.51. The van der Waals surface area contributed by atoms with Crippen molar-refractivity contribution in [3.05, 3.63) is 35.6 Å². The van der Waals surface area contributed by atoms with Crippen LogP contribution in [0.4, 0.5) is 4.39 Å². The Bertz CT molecular complexity index is 327. The Balaban J connectivity index is 2.70. The molecule has 0 N–H and O–H groups in total. The van der Waals surface area contributed by atoms with Crippen LogP contribution in [-0.4, -0.2) is 11.6 Å². The molecule has 0 aromatic heterocycles. The number of hydrogen-bond donors (Lipinski definition) is 0. The lowest BCUT2D eigenvalue weighted by Gasteiger charge is -1.97. The highest BCUT2D eigenvalue weighted by Gasteiger charge is 2.08. The fourth-order valence-corrected chi connectivity index (χ4v) is 0.912. The lowest BCUT2D eigenvalue weighted by atomic mass is 10.1. The minimum Gasteiger partial charge on any atom is -0.291 e. The third-order valence-electron chi connectivity index (χ3n) is 1.67. The zero-order valence-electron chi connectivity index (χ0n) is 7.21. The molecule has 1 rings (SSSR count). The van der Waals surface area contributed by atoms with Crippen molar-refractivity contribution >= 4 is 11.6 Å². The zero-order chi connectivity index (χ0) is 9.84. The summed E-state index contributed by atoms with van der Waals surface area (Å²) in [5.41, 5.74) is 0.654. The van der Waals surface area contributed by atoms with Gasteiger partial charge in [-0.25, -0.2) is 4.39 Å². The minimum absolute atomic E-state index is 0.0512. The SMILES string of the molecule is CC(=O)C(=O)Cc1ccc(F)cc1. The summed E-state index contributed by atoms with van der Waals surface area (Å²) in [6.07, 6.45) is 0.0512. The number of Topliss-reactive ketones (excluding diaryl/α,β-unsaturated/α-hetero) is 2. The maximum absolute atomic E-state index is 12.4. The van der Waals surface area contributed by atoms with Gasteiger partial charge in [-0.2, -0.15) is 0 Å². The smallest absolute Gasteiger partial charge is 0.202 e. The number of halogens is 1. The van der Waals surface area contributed by atoms with Gasteiger partial charge < -0.3 is 0 Å². The molecule has 0 amide bonds. The molecule has 0 saturated heterocycles. The van der Waals surface area contributed by atoms with Crippen molar-refractivity contribution in [1.82, 2.24) is 0 Å². The summed E-state index contributed by atoms with van der Waals surface area (Å²) >= 11 is 0. The van der Waals surface area contributed by atoms with Gasteiger partial charge in [-0.15, -0.1) is 0 Å². The van der Waals surface area contributed by atoms with E-state index in [0.717, 1.165) is 0 Å². The molecule has 0 radical (unpaired) electrons. The maximum Gasteiger partial charge on any atom is 0.202 e. The predicted molar refractivity (Wildman–Crippen MR) is 45.8 cm³/mol. The highest BCUT2D eigenvalue weighted by Crippen LogP contribution is 2.03. The van der Waals surface area contributed by atoms with E-state index in [1.54, 1.807) is 0 Å². The molecule has 2 nitrogen and oxygen atoms in total. The number of rotatable bonds is 3. The van der Waals surface area contributed by atoms with Crippen molar-refractivity contribution in [2.24, 2.45) is 0 Å². The minimum atomic E-state index is -0.468. The fourth-order valence-electron chi connectivity index (χ4n) is 0.912. The Morgan fingerprint density at radius 3 is 2.23 bits per heavy atom. The van der Waals surface area contributed by atoms with E-state index in [0.29, 0.717) is 5.56 Å². The zero-order valence-corrected chi connectivity index (χ0v) is 7.21. The number of hydrogen-bond acceptors (Lipinski definition) is 2. The Kier molecular flexibility index (Phi) is 2.90. The molecule has 0 aliphatic carbocycles. The van der Waals surface area contributed by atoms with Crippen molar-refractivity contribution in [2.45, 2.75) is 13.3 Å². The summed E-state index contributed by atoms with van der Waals surface area (Å²) in [4.78, 5) is 21.5. The molecule has 1 aromatic carbocycles. The van der Waals surface area contributed by atoms with Gasteiger partial charge in [-0.05, 0) is 17.7 Å². The van der Waals surface area contributed by atoms with Crippen molar-refractivity contribution < 1.29 is 14.0 Å². The fraction of sp³-hybridized carbons (Fsp3) is 0.200. The molecule has 0 saturated carbocycles. The second-order valence-corrected chi connectivity index (χ2v) is 2.78. The van der Waals surface area contributed by atoms with Crippen molar-refractivity contribution in [2.75, 3.05) is 0 Å². The van der Waals surface area contributed by atoms with E-state index in [1.165, 1.54) is 31.2 Å². The summed E-state index contributed by atoms with van der Waals surface area (Å²) in [5.74, 6) is -1.27. The molecule has 0 unspecified atom stereocenters. The van der Waals surface area contributed by atoms with E-state index in [4.69, 9.17) is 0 Å². The first kappa shape index (κ1) is 9.58. The van der Waals surface area contributed by atoms with Crippen LogP contribution in [0.5, 0.6) is 0 Å². The number of ketones is 2. The molecular weight excluding hydrogens is 171 g/mol. The van der Waals surface area contributed by atoms with Crippen molar-refractivity contribution in [3.63, 3.8) is 0 Å². The van der Waals surface area contributed by atoms with Crippen molar-refractivity contribution in [1.29, 1.82) is 0 Å². The van der Waals surface area contributed by atoms with Gasteiger partial charge >= 0.3 is 0 Å². The highest BCUT2D eigenvalue weighted by atomic mass is 19.1. The maximum atomic E-state index is 12.4. The third-order valence-corrected chi connectivity index (χ3v) is 1.67. The molecule has 0 fully saturated rings. The molecule has 0 atom stereocenters. The van der Waals surface area contributed by atoms with E-state index in [1.807, 2.05) is 0 Å². The lowest BCUT2D eigenvalue weighted by molar-refractivity contribution is -0.134. The van der Waals surface area contributed by atoms with E-state index in [9.17, 15) is 14.0 Å². The summed E-state index contributed by atoms with van der Waals surface area (Å²) < 4.78 is 12.4. The summed E-state index contributed by atoms with van der Waals surface area (Å²) in [7, 11) is 0. The number of benzene rings is 1. The Morgan fingerprint density at radius 1 is 1.23 bits per heavy atom. The highest BCUT2D eigenvalue weighted by molar-refractivity contribution is 6.36. The largest absolute Gasteiger partial charge is 0.291 e. The van der Waals surface area contributed by atoms with Gasteiger partial charge in [-0.1, -0.05) is 12.1 Å². The van der Waals surface area contributed by atoms with Gasteiger partial charge in [0.1, 0.15) is 5.82 Å². The molecule has 0 heterocycles. The van der Waals surface area contributed by atoms with E-state index >= 15 is 0 Å². The van der Waals surface area contributed by atoms with E-state index in [2.05, 4.69) is 0 Å². The van der Waals surface area contributed by atoms with Gasteiger partial charge in [0.05, 0.1) is 0 Å². The first-order chi connectivity index (χ1) is 6.09. The van der Waals surface area contributed by atoms with Crippen molar-refractivity contribution in [3.8, 4) is 0 Å². The molecule has 0 spiro atoms. The van der Waals surface area contributed by atoms with Gasteiger partial charge in [-0.3, -0.25) is 9.59 Å². The van der Waals surface area contributed by atoms with Gasteiger partial charge in [0.2, 0.25) is 5.78 Å². The van der Waals surface area contributed by atoms with Crippen LogP contribution in [0.1, 0.15) is 12.5 Å². The molecule has 0 bridgehead atoms. The first-order valence-corrected chi connectivity index (χ1v) is 3.88. The molecule has 0 aliphatic heterocycles. The second kappa shape index (κ2) is 3.94. The third kappa shape index (κ3) is 2.78. The summed E-state index contributed by atoms with van der Waals surface area (Å²) in [5, 5.41) is 0. The molecule has 1 aromatic rings. The van der Waals surface area contributed by atoms with Crippen LogP contribution in [0.15, 0.2) is 24.3 Å². The quantitative estimate of drug-likeness (QED) is 0.661. The Morgan fingerprint density at radius 2 is 1.77 bits per heavy atom. The number of carbonyl (C=O) groups is 2. The van der Waals surface area contributed by atoms with Gasteiger partial charge in [0.15, 0.2) is 5.78 Å². The standard InChI is InChI=1S/C10H9FO2/c1-7(12)10(13)6-8-2-4-9(11)5-3-8/h2-5H,6H2,1H3. The average Bonchev–Trinajstić information content (AvgIpc) is 2.08. The van der Waals surface area contributed by atoms with Gasteiger partial charge in [0, 0.05) is 13.3 Å². The molecule has 13 heavy (non-hydrogen) atoms. The second-order valence-electron chi connectivity index (χ2n) is 2.78. The molecule has 0 aliphatic rings. The molecule has 3 heteroatoms. The van der Waals surface area contributed by atoms with Crippen LogP contribution >= 0.6 is 0 Å².